The van der Waals surface area contributed by atoms with E-state index < -0.39 is 0 Å². The highest BCUT2D eigenvalue weighted by Crippen LogP contribution is 2.24. The Hall–Kier alpha value is -1.61. The van der Waals surface area contributed by atoms with Crippen LogP contribution in [0.3, 0.4) is 0 Å². The molecule has 0 saturated carbocycles. The number of nitrogens with two attached hydrogens (primary N) is 1. The zero-order chi connectivity index (χ0) is 16.7. The van der Waals surface area contributed by atoms with E-state index >= 15 is 0 Å². The molecule has 0 amide bonds. The van der Waals surface area contributed by atoms with Gasteiger partial charge in [0.2, 0.25) is 0 Å². The predicted octanol–water partition coefficient (Wildman–Crippen LogP) is 5.18. The monoisotopic (exact) mass is 313 g/mol. The summed E-state index contributed by atoms with van der Waals surface area (Å²) in [6, 6.07) is 10.4. The average molecular weight is 313 g/mol. The normalized spacial score (nSPS) is 12.7. The third-order valence-electron chi connectivity index (χ3n) is 4.14. The highest BCUT2D eigenvalue weighted by molar-refractivity contribution is 5.58. The third kappa shape index (κ3) is 5.21. The van der Waals surface area contributed by atoms with Crippen LogP contribution in [0.2, 0.25) is 0 Å². The zero-order valence-corrected chi connectivity index (χ0v) is 14.8. The topological polar surface area (TPSA) is 43.8 Å². The Kier molecular flexibility index (Phi) is 6.85. The molecule has 0 radical (unpaired) electrons. The molecule has 1 aromatic carbocycles. The summed E-state index contributed by atoms with van der Waals surface area (Å²) in [5, 5.41) is 0. The number of benzene rings is 1. The van der Waals surface area contributed by atoms with Crippen LogP contribution in [0.25, 0.3) is 11.3 Å². The maximum absolute atomic E-state index is 6.46. The Morgan fingerprint density at radius 1 is 1.09 bits per heavy atom. The van der Waals surface area contributed by atoms with Gasteiger partial charge in [0.05, 0.1) is 11.7 Å². The van der Waals surface area contributed by atoms with Gasteiger partial charge in [-0.15, -0.1) is 0 Å². The lowest BCUT2D eigenvalue weighted by Gasteiger charge is -2.15. The molecule has 2 N–H and O–H groups in total. The fourth-order valence-corrected chi connectivity index (χ4v) is 2.93. The van der Waals surface area contributed by atoms with Gasteiger partial charge in [-0.25, -0.2) is 4.98 Å². The average Bonchev–Trinajstić information content (AvgIpc) is 2.95. The van der Waals surface area contributed by atoms with E-state index in [9.17, 15) is 0 Å². The van der Waals surface area contributed by atoms with Crippen LogP contribution >= 0.6 is 0 Å². The SMILES string of the molecule is CCCCCCC(N)c1nc(-c2ccccc2)cn1CC(C)C. The first-order valence-corrected chi connectivity index (χ1v) is 8.99. The molecular weight excluding hydrogens is 282 g/mol. The lowest BCUT2D eigenvalue weighted by atomic mass is 10.1. The van der Waals surface area contributed by atoms with E-state index in [-0.39, 0.29) is 6.04 Å². The molecule has 0 aliphatic carbocycles. The second kappa shape index (κ2) is 8.88. The summed E-state index contributed by atoms with van der Waals surface area (Å²) in [4.78, 5) is 4.87. The Morgan fingerprint density at radius 3 is 2.48 bits per heavy atom. The Morgan fingerprint density at radius 2 is 1.83 bits per heavy atom. The number of unbranched alkanes of at least 4 members (excludes halogenated alkanes) is 3. The summed E-state index contributed by atoms with van der Waals surface area (Å²) in [5.41, 5.74) is 8.66. The lowest BCUT2D eigenvalue weighted by Crippen LogP contribution is -2.18. The van der Waals surface area contributed by atoms with E-state index in [0.29, 0.717) is 5.92 Å². The maximum atomic E-state index is 6.46. The van der Waals surface area contributed by atoms with E-state index in [2.05, 4.69) is 55.8 Å². The Balaban J connectivity index is 2.17. The number of rotatable bonds is 9. The molecule has 1 aromatic heterocycles. The largest absolute Gasteiger partial charge is 0.333 e. The summed E-state index contributed by atoms with van der Waals surface area (Å²) < 4.78 is 2.26. The van der Waals surface area contributed by atoms with Crippen LogP contribution in [-0.4, -0.2) is 9.55 Å². The zero-order valence-electron chi connectivity index (χ0n) is 14.8. The van der Waals surface area contributed by atoms with Crippen molar-refractivity contribution in [1.29, 1.82) is 0 Å². The Bertz CT molecular complexity index is 572. The summed E-state index contributed by atoms with van der Waals surface area (Å²) in [5.74, 6) is 1.62. The van der Waals surface area contributed by atoms with Gasteiger partial charge >= 0.3 is 0 Å². The Labute approximate surface area is 140 Å². The summed E-state index contributed by atoms with van der Waals surface area (Å²) >= 11 is 0. The van der Waals surface area contributed by atoms with Crippen molar-refractivity contribution in [3.8, 4) is 11.3 Å². The van der Waals surface area contributed by atoms with Gasteiger partial charge < -0.3 is 10.3 Å². The van der Waals surface area contributed by atoms with Gasteiger partial charge in [0.1, 0.15) is 5.82 Å². The first kappa shape index (κ1) is 17.7. The van der Waals surface area contributed by atoms with Gasteiger partial charge in [0, 0.05) is 18.3 Å². The van der Waals surface area contributed by atoms with Gasteiger partial charge in [0.25, 0.3) is 0 Å². The fraction of sp³-hybridized carbons (Fsp3) is 0.550. The molecule has 0 saturated heterocycles. The number of aromatic nitrogens is 2. The van der Waals surface area contributed by atoms with Crippen LogP contribution in [0.1, 0.15) is 64.7 Å². The molecule has 3 nitrogen and oxygen atoms in total. The van der Waals surface area contributed by atoms with Crippen molar-refractivity contribution >= 4 is 0 Å². The van der Waals surface area contributed by atoms with Crippen LogP contribution in [0.5, 0.6) is 0 Å². The molecular formula is C20H31N3. The van der Waals surface area contributed by atoms with E-state index in [1.54, 1.807) is 0 Å². The molecule has 1 unspecified atom stereocenters. The fourth-order valence-electron chi connectivity index (χ4n) is 2.93. The molecule has 2 aromatic rings. The molecule has 3 heteroatoms. The van der Waals surface area contributed by atoms with Crippen molar-refractivity contribution in [1.82, 2.24) is 9.55 Å². The smallest absolute Gasteiger partial charge is 0.126 e. The number of imidazole rings is 1. The first-order valence-electron chi connectivity index (χ1n) is 8.99. The summed E-state index contributed by atoms with van der Waals surface area (Å²) in [6.07, 6.45) is 8.18. The van der Waals surface area contributed by atoms with Gasteiger partial charge in [-0.05, 0) is 12.3 Å². The minimum atomic E-state index is 0.0306. The quantitative estimate of drug-likeness (QED) is 0.648. The highest BCUT2D eigenvalue weighted by atomic mass is 15.1. The predicted molar refractivity (Wildman–Crippen MR) is 98.2 cm³/mol. The summed E-state index contributed by atoms with van der Waals surface area (Å²) in [7, 11) is 0. The maximum Gasteiger partial charge on any atom is 0.126 e. The molecule has 126 valence electrons. The third-order valence-corrected chi connectivity index (χ3v) is 4.14. The molecule has 1 atom stereocenters. The lowest BCUT2D eigenvalue weighted by molar-refractivity contribution is 0.470. The molecule has 0 aliphatic rings. The second-order valence-corrected chi connectivity index (χ2v) is 6.85. The van der Waals surface area contributed by atoms with E-state index in [1.807, 2.05) is 6.07 Å². The summed E-state index contributed by atoms with van der Waals surface area (Å²) in [6.45, 7) is 7.68. The number of nitrogens with zero attached hydrogens (tertiary/aromatic N) is 2. The van der Waals surface area contributed by atoms with Gasteiger partial charge in [0.15, 0.2) is 0 Å². The van der Waals surface area contributed by atoms with E-state index in [1.165, 1.54) is 25.7 Å². The van der Waals surface area contributed by atoms with Crippen LogP contribution in [0, 0.1) is 5.92 Å². The first-order chi connectivity index (χ1) is 11.1. The standard InChI is InChI=1S/C20H31N3/c1-4-5-6-10-13-18(21)20-22-19(15-23(20)14-16(2)3)17-11-8-7-9-12-17/h7-9,11-12,15-16,18H,4-6,10,13-14,21H2,1-3H3. The van der Waals surface area contributed by atoms with Crippen molar-refractivity contribution in [2.24, 2.45) is 11.7 Å². The molecule has 23 heavy (non-hydrogen) atoms. The van der Waals surface area contributed by atoms with Crippen LogP contribution < -0.4 is 5.73 Å². The van der Waals surface area contributed by atoms with Gasteiger partial charge in [-0.2, -0.15) is 0 Å². The number of hydrogen-bond acceptors (Lipinski definition) is 2. The van der Waals surface area contributed by atoms with Crippen molar-refractivity contribution < 1.29 is 0 Å². The van der Waals surface area contributed by atoms with E-state index in [4.69, 9.17) is 10.7 Å². The van der Waals surface area contributed by atoms with Crippen molar-refractivity contribution in [3.05, 3.63) is 42.4 Å². The molecule has 1 heterocycles. The van der Waals surface area contributed by atoms with E-state index in [0.717, 1.165) is 30.0 Å². The van der Waals surface area contributed by atoms with Crippen molar-refractivity contribution in [2.45, 2.75) is 65.5 Å². The van der Waals surface area contributed by atoms with Gasteiger partial charge in [-0.3, -0.25) is 0 Å². The molecule has 0 aliphatic heterocycles. The van der Waals surface area contributed by atoms with Crippen LogP contribution in [-0.2, 0) is 6.54 Å². The molecule has 0 spiro atoms. The number of hydrogen-bond donors (Lipinski definition) is 1. The minimum Gasteiger partial charge on any atom is -0.333 e. The second-order valence-electron chi connectivity index (χ2n) is 6.85. The van der Waals surface area contributed by atoms with Gasteiger partial charge in [-0.1, -0.05) is 76.8 Å². The van der Waals surface area contributed by atoms with Crippen molar-refractivity contribution in [3.63, 3.8) is 0 Å². The highest BCUT2D eigenvalue weighted by Gasteiger charge is 2.16. The van der Waals surface area contributed by atoms with Crippen LogP contribution in [0.15, 0.2) is 36.5 Å². The van der Waals surface area contributed by atoms with Crippen molar-refractivity contribution in [2.75, 3.05) is 0 Å². The minimum absolute atomic E-state index is 0.0306. The van der Waals surface area contributed by atoms with Crippen LogP contribution in [0.4, 0.5) is 0 Å². The molecule has 0 bridgehead atoms. The molecule has 2 rings (SSSR count). The molecule has 0 fully saturated rings.